The molecule has 2 N–H and O–H groups in total. The van der Waals surface area contributed by atoms with Crippen molar-refractivity contribution in [1.29, 1.82) is 0 Å². The molecule has 0 unspecified atom stereocenters. The van der Waals surface area contributed by atoms with Gasteiger partial charge in [-0.25, -0.2) is 4.98 Å². The van der Waals surface area contributed by atoms with Crippen LogP contribution in [0.4, 0.5) is 5.13 Å². The molecular weight excluding hydrogens is 254 g/mol. The van der Waals surface area contributed by atoms with Gasteiger partial charge in [0, 0.05) is 12.8 Å². The SMILES string of the molecule is O=C1CC[C@H](C(=O)Nc2nc3c(s2)COCC3)N1. The number of carbonyl (C=O) groups excluding carboxylic acids is 2. The standard InChI is InChI=1S/C11H13N3O3S/c15-9-2-1-7(12-9)10(16)14-11-13-6-3-4-17-5-8(6)18-11/h7H,1-5H2,(H,12,15)(H,13,14,16)/t7-/m1/s1. The molecule has 0 bridgehead atoms. The average Bonchev–Trinajstić information content (AvgIpc) is 2.94. The van der Waals surface area contributed by atoms with Crippen LogP contribution >= 0.6 is 11.3 Å². The van der Waals surface area contributed by atoms with E-state index in [1.807, 2.05) is 0 Å². The fourth-order valence-electron chi connectivity index (χ4n) is 2.08. The highest BCUT2D eigenvalue weighted by molar-refractivity contribution is 7.15. The minimum atomic E-state index is -0.422. The van der Waals surface area contributed by atoms with Gasteiger partial charge < -0.3 is 15.4 Å². The maximum absolute atomic E-state index is 11.9. The molecule has 2 aliphatic rings. The Balaban J connectivity index is 1.67. The van der Waals surface area contributed by atoms with Gasteiger partial charge in [0.05, 0.1) is 23.8 Å². The predicted octanol–water partition coefficient (Wildman–Crippen LogP) is 0.433. The number of hydrogen-bond donors (Lipinski definition) is 2. The quantitative estimate of drug-likeness (QED) is 0.814. The van der Waals surface area contributed by atoms with Gasteiger partial charge in [-0.2, -0.15) is 0 Å². The Bertz CT molecular complexity index is 476. The van der Waals surface area contributed by atoms with E-state index >= 15 is 0 Å². The van der Waals surface area contributed by atoms with Gasteiger partial charge in [0.15, 0.2) is 5.13 Å². The number of fused-ring (bicyclic) bond motifs is 1. The molecule has 6 nitrogen and oxygen atoms in total. The summed E-state index contributed by atoms with van der Waals surface area (Å²) in [4.78, 5) is 28.4. The van der Waals surface area contributed by atoms with Crippen LogP contribution < -0.4 is 10.6 Å². The molecule has 1 aromatic heterocycles. The van der Waals surface area contributed by atoms with Crippen molar-refractivity contribution in [2.45, 2.75) is 31.9 Å². The summed E-state index contributed by atoms with van der Waals surface area (Å²) in [5, 5.41) is 5.99. The molecule has 1 aromatic rings. The number of carbonyl (C=O) groups is 2. The van der Waals surface area contributed by atoms with E-state index in [1.54, 1.807) is 0 Å². The first-order valence-electron chi connectivity index (χ1n) is 5.89. The molecule has 2 aliphatic heterocycles. The zero-order valence-corrected chi connectivity index (χ0v) is 10.5. The van der Waals surface area contributed by atoms with E-state index in [4.69, 9.17) is 4.74 Å². The number of nitrogens with zero attached hydrogens (tertiary/aromatic N) is 1. The van der Waals surface area contributed by atoms with Crippen LogP contribution in [0.25, 0.3) is 0 Å². The molecule has 0 radical (unpaired) electrons. The predicted molar refractivity (Wildman–Crippen MR) is 65.3 cm³/mol. The van der Waals surface area contributed by atoms with Gasteiger partial charge in [0.1, 0.15) is 6.04 Å². The van der Waals surface area contributed by atoms with E-state index in [2.05, 4.69) is 15.6 Å². The molecule has 7 heteroatoms. The zero-order chi connectivity index (χ0) is 12.5. The van der Waals surface area contributed by atoms with Crippen molar-refractivity contribution in [2.75, 3.05) is 11.9 Å². The first kappa shape index (κ1) is 11.6. The van der Waals surface area contributed by atoms with Crippen molar-refractivity contribution in [1.82, 2.24) is 10.3 Å². The molecule has 1 saturated heterocycles. The fourth-order valence-corrected chi connectivity index (χ4v) is 3.03. The molecule has 96 valence electrons. The minimum absolute atomic E-state index is 0.0676. The van der Waals surface area contributed by atoms with Crippen molar-refractivity contribution in [2.24, 2.45) is 0 Å². The highest BCUT2D eigenvalue weighted by atomic mass is 32.1. The van der Waals surface area contributed by atoms with Gasteiger partial charge in [-0.3, -0.25) is 9.59 Å². The van der Waals surface area contributed by atoms with Gasteiger partial charge in [0.25, 0.3) is 0 Å². The summed E-state index contributed by atoms with van der Waals surface area (Å²) in [5.41, 5.74) is 1.01. The number of thiazole rings is 1. The smallest absolute Gasteiger partial charge is 0.248 e. The lowest BCUT2D eigenvalue weighted by Crippen LogP contribution is -2.37. The molecule has 1 atom stereocenters. The molecular formula is C11H13N3O3S. The molecule has 1 fully saturated rings. The number of aromatic nitrogens is 1. The third kappa shape index (κ3) is 2.23. The molecule has 0 spiro atoms. The fraction of sp³-hybridized carbons (Fsp3) is 0.545. The Morgan fingerprint density at radius 3 is 3.11 bits per heavy atom. The second-order valence-electron chi connectivity index (χ2n) is 4.34. The highest BCUT2D eigenvalue weighted by Gasteiger charge is 2.28. The molecule has 0 aromatic carbocycles. The third-order valence-corrected chi connectivity index (χ3v) is 4.02. The number of rotatable bonds is 2. The lowest BCUT2D eigenvalue weighted by atomic mass is 10.2. The van der Waals surface area contributed by atoms with Gasteiger partial charge in [0.2, 0.25) is 11.8 Å². The largest absolute Gasteiger partial charge is 0.375 e. The van der Waals surface area contributed by atoms with Gasteiger partial charge in [-0.15, -0.1) is 0 Å². The molecule has 0 saturated carbocycles. The monoisotopic (exact) mass is 267 g/mol. The third-order valence-electron chi connectivity index (χ3n) is 3.04. The van der Waals surface area contributed by atoms with E-state index in [0.29, 0.717) is 31.2 Å². The van der Waals surface area contributed by atoms with E-state index in [0.717, 1.165) is 17.0 Å². The van der Waals surface area contributed by atoms with E-state index in [9.17, 15) is 9.59 Å². The minimum Gasteiger partial charge on any atom is -0.375 e. The van der Waals surface area contributed by atoms with Crippen molar-refractivity contribution < 1.29 is 14.3 Å². The van der Waals surface area contributed by atoms with Gasteiger partial charge in [-0.1, -0.05) is 11.3 Å². The summed E-state index contributed by atoms with van der Waals surface area (Å²) in [6.45, 7) is 1.26. The second-order valence-corrected chi connectivity index (χ2v) is 5.42. The van der Waals surface area contributed by atoms with E-state index in [1.165, 1.54) is 11.3 Å². The summed E-state index contributed by atoms with van der Waals surface area (Å²) in [7, 11) is 0. The summed E-state index contributed by atoms with van der Waals surface area (Å²) in [5.74, 6) is -0.255. The Kier molecular flexibility index (Phi) is 3.00. The van der Waals surface area contributed by atoms with Crippen LogP contribution in [-0.2, 0) is 27.4 Å². The number of hydrogen-bond acceptors (Lipinski definition) is 5. The Hall–Kier alpha value is -1.47. The normalized spacial score (nSPS) is 22.4. The van der Waals surface area contributed by atoms with Crippen LogP contribution in [0.5, 0.6) is 0 Å². The van der Waals surface area contributed by atoms with Crippen LogP contribution in [0.3, 0.4) is 0 Å². The summed E-state index contributed by atoms with van der Waals surface area (Å²) in [6, 6.07) is -0.422. The number of anilines is 1. The maximum atomic E-state index is 11.9. The lowest BCUT2D eigenvalue weighted by molar-refractivity contribution is -0.122. The molecule has 3 heterocycles. The zero-order valence-electron chi connectivity index (χ0n) is 9.69. The molecule has 0 aliphatic carbocycles. The summed E-state index contributed by atoms with van der Waals surface area (Å²) in [6.07, 6.45) is 1.76. The molecule has 18 heavy (non-hydrogen) atoms. The van der Waals surface area contributed by atoms with Crippen LogP contribution in [0.1, 0.15) is 23.4 Å². The number of nitrogens with one attached hydrogen (secondary N) is 2. The van der Waals surface area contributed by atoms with Crippen LogP contribution in [-0.4, -0.2) is 29.4 Å². The van der Waals surface area contributed by atoms with Crippen LogP contribution in [0.15, 0.2) is 0 Å². The molecule has 2 amide bonds. The highest BCUT2D eigenvalue weighted by Crippen LogP contribution is 2.27. The lowest BCUT2D eigenvalue weighted by Gasteiger charge is -2.08. The van der Waals surface area contributed by atoms with E-state index in [-0.39, 0.29) is 11.8 Å². The number of ether oxygens (including phenoxy) is 1. The van der Waals surface area contributed by atoms with Gasteiger partial charge in [-0.05, 0) is 6.42 Å². The first-order valence-corrected chi connectivity index (χ1v) is 6.70. The Labute approximate surface area is 108 Å². The molecule has 3 rings (SSSR count). The summed E-state index contributed by atoms with van der Waals surface area (Å²) < 4.78 is 5.33. The first-order chi connectivity index (χ1) is 8.72. The average molecular weight is 267 g/mol. The topological polar surface area (TPSA) is 80.3 Å². The number of amides is 2. The van der Waals surface area contributed by atoms with Gasteiger partial charge >= 0.3 is 0 Å². The maximum Gasteiger partial charge on any atom is 0.248 e. The van der Waals surface area contributed by atoms with Crippen molar-refractivity contribution in [3.8, 4) is 0 Å². The van der Waals surface area contributed by atoms with Crippen molar-refractivity contribution in [3.63, 3.8) is 0 Å². The van der Waals surface area contributed by atoms with E-state index < -0.39 is 6.04 Å². The van der Waals surface area contributed by atoms with Crippen molar-refractivity contribution in [3.05, 3.63) is 10.6 Å². The second kappa shape index (κ2) is 4.66. The van der Waals surface area contributed by atoms with Crippen molar-refractivity contribution >= 4 is 28.3 Å². The Morgan fingerprint density at radius 2 is 2.39 bits per heavy atom. The summed E-state index contributed by atoms with van der Waals surface area (Å²) >= 11 is 1.44. The van der Waals surface area contributed by atoms with Crippen LogP contribution in [0, 0.1) is 0 Å². The van der Waals surface area contributed by atoms with Crippen LogP contribution in [0.2, 0.25) is 0 Å². The Morgan fingerprint density at radius 1 is 1.50 bits per heavy atom.